The van der Waals surface area contributed by atoms with Crippen LogP contribution in [-0.4, -0.2) is 36.0 Å². The highest BCUT2D eigenvalue weighted by Crippen LogP contribution is 2.11. The van der Waals surface area contributed by atoms with Gasteiger partial charge in [-0.3, -0.25) is 4.79 Å². The number of amides is 1. The van der Waals surface area contributed by atoms with Crippen LogP contribution in [0.3, 0.4) is 0 Å². The van der Waals surface area contributed by atoms with Gasteiger partial charge < -0.3 is 10.2 Å². The molecule has 1 amide bonds. The predicted molar refractivity (Wildman–Crippen MR) is 78.0 cm³/mol. The zero-order chi connectivity index (χ0) is 14.5. The summed E-state index contributed by atoms with van der Waals surface area (Å²) in [6.07, 6.45) is 2.79. The predicted octanol–water partition coefficient (Wildman–Crippen LogP) is 2.36. The summed E-state index contributed by atoms with van der Waals surface area (Å²) in [5.41, 5.74) is 0.688. The summed E-state index contributed by atoms with van der Waals surface area (Å²) < 4.78 is 13.6. The summed E-state index contributed by atoms with van der Waals surface area (Å²) in [4.78, 5) is 14.1. The fraction of sp³-hybridized carbons (Fsp3) is 0.562. The van der Waals surface area contributed by atoms with Gasteiger partial charge in [-0.2, -0.15) is 0 Å². The van der Waals surface area contributed by atoms with Gasteiger partial charge >= 0.3 is 0 Å². The highest BCUT2D eigenvalue weighted by atomic mass is 19.1. The first kappa shape index (κ1) is 15.0. The van der Waals surface area contributed by atoms with E-state index >= 15 is 0 Å². The largest absolute Gasteiger partial charge is 0.341 e. The number of nitrogens with one attached hydrogen (secondary N) is 1. The monoisotopic (exact) mass is 278 g/mol. The molecule has 1 aliphatic rings. The Balaban J connectivity index is 1.86. The number of rotatable bonds is 5. The average molecular weight is 278 g/mol. The van der Waals surface area contributed by atoms with Crippen molar-refractivity contribution in [3.05, 3.63) is 35.6 Å². The van der Waals surface area contributed by atoms with Gasteiger partial charge in [0.25, 0.3) is 0 Å². The molecular formula is C16H23FN2O. The van der Waals surface area contributed by atoms with E-state index in [2.05, 4.69) is 5.32 Å². The van der Waals surface area contributed by atoms with E-state index in [1.807, 2.05) is 24.8 Å². The quantitative estimate of drug-likeness (QED) is 0.896. The van der Waals surface area contributed by atoms with Crippen molar-refractivity contribution < 1.29 is 9.18 Å². The Kier molecular flexibility index (Phi) is 5.12. The van der Waals surface area contributed by atoms with Crippen LogP contribution in [0.4, 0.5) is 4.39 Å². The van der Waals surface area contributed by atoms with Crippen molar-refractivity contribution in [2.45, 2.75) is 45.2 Å². The van der Waals surface area contributed by atoms with Gasteiger partial charge in [0.15, 0.2) is 0 Å². The molecule has 2 rings (SSSR count). The van der Waals surface area contributed by atoms with Crippen molar-refractivity contribution in [3.63, 3.8) is 0 Å². The second kappa shape index (κ2) is 6.84. The van der Waals surface area contributed by atoms with E-state index in [9.17, 15) is 9.18 Å². The summed E-state index contributed by atoms with van der Waals surface area (Å²) in [5.74, 6) is -0.0254. The fourth-order valence-electron chi connectivity index (χ4n) is 2.76. The van der Waals surface area contributed by atoms with Gasteiger partial charge in [-0.25, -0.2) is 4.39 Å². The molecule has 0 spiro atoms. The smallest absolute Gasteiger partial charge is 0.239 e. The van der Waals surface area contributed by atoms with Gasteiger partial charge in [-0.15, -0.1) is 0 Å². The van der Waals surface area contributed by atoms with Crippen molar-refractivity contribution in [1.82, 2.24) is 10.2 Å². The number of carbonyl (C=O) groups excluding carboxylic acids is 1. The molecular weight excluding hydrogens is 255 g/mol. The van der Waals surface area contributed by atoms with E-state index in [1.165, 1.54) is 6.07 Å². The van der Waals surface area contributed by atoms with Gasteiger partial charge in [0.05, 0.1) is 6.04 Å². The lowest BCUT2D eigenvalue weighted by Crippen LogP contribution is -2.47. The van der Waals surface area contributed by atoms with Crippen LogP contribution in [0.25, 0.3) is 0 Å². The molecule has 20 heavy (non-hydrogen) atoms. The average Bonchev–Trinajstić information content (AvgIpc) is 2.94. The van der Waals surface area contributed by atoms with Crippen molar-refractivity contribution >= 4 is 5.91 Å². The molecule has 1 N–H and O–H groups in total. The summed E-state index contributed by atoms with van der Waals surface area (Å²) in [6, 6.07) is 6.64. The zero-order valence-electron chi connectivity index (χ0n) is 12.2. The summed E-state index contributed by atoms with van der Waals surface area (Å²) in [7, 11) is 0. The van der Waals surface area contributed by atoms with Crippen molar-refractivity contribution in [2.75, 3.05) is 13.1 Å². The highest BCUT2D eigenvalue weighted by Gasteiger charge is 2.24. The van der Waals surface area contributed by atoms with Crippen LogP contribution in [0, 0.1) is 5.82 Å². The first-order valence-corrected chi connectivity index (χ1v) is 7.36. The third-order valence-electron chi connectivity index (χ3n) is 3.81. The van der Waals surface area contributed by atoms with Crippen LogP contribution in [0.5, 0.6) is 0 Å². The molecule has 2 unspecified atom stereocenters. The zero-order valence-corrected chi connectivity index (χ0v) is 12.2. The van der Waals surface area contributed by atoms with Crippen molar-refractivity contribution in [3.8, 4) is 0 Å². The molecule has 0 bridgehead atoms. The van der Waals surface area contributed by atoms with E-state index in [4.69, 9.17) is 0 Å². The second-order valence-electron chi connectivity index (χ2n) is 5.62. The number of hydrogen-bond acceptors (Lipinski definition) is 2. The van der Waals surface area contributed by atoms with Crippen LogP contribution in [0.2, 0.25) is 0 Å². The molecule has 0 aliphatic carbocycles. The van der Waals surface area contributed by atoms with E-state index in [0.29, 0.717) is 12.0 Å². The van der Waals surface area contributed by atoms with E-state index in [1.54, 1.807) is 12.1 Å². The lowest BCUT2D eigenvalue weighted by molar-refractivity contribution is -0.132. The van der Waals surface area contributed by atoms with Crippen LogP contribution >= 0.6 is 0 Å². The summed E-state index contributed by atoms with van der Waals surface area (Å²) >= 11 is 0. The van der Waals surface area contributed by atoms with Gasteiger partial charge in [0.2, 0.25) is 5.91 Å². The summed E-state index contributed by atoms with van der Waals surface area (Å²) in [5, 5.41) is 3.27. The number of likely N-dealkylation sites (tertiary alicyclic amines) is 1. The number of halogens is 1. The molecule has 3 nitrogen and oxygen atoms in total. The van der Waals surface area contributed by atoms with E-state index in [0.717, 1.165) is 25.9 Å². The van der Waals surface area contributed by atoms with Gasteiger partial charge in [-0.1, -0.05) is 18.2 Å². The van der Waals surface area contributed by atoms with Crippen molar-refractivity contribution in [2.24, 2.45) is 0 Å². The van der Waals surface area contributed by atoms with Crippen LogP contribution in [0.15, 0.2) is 24.3 Å². The minimum absolute atomic E-state index is 0.0634. The molecule has 4 heteroatoms. The Labute approximate surface area is 120 Å². The SMILES string of the molecule is CC(Cc1ccccc1F)NC(C)C(=O)N1CCCC1. The van der Waals surface area contributed by atoms with Gasteiger partial charge in [0.1, 0.15) is 5.82 Å². The summed E-state index contributed by atoms with van der Waals surface area (Å²) in [6.45, 7) is 5.61. The lowest BCUT2D eigenvalue weighted by atomic mass is 10.1. The molecule has 1 aromatic rings. The molecule has 1 heterocycles. The van der Waals surface area contributed by atoms with Gasteiger partial charge in [-0.05, 0) is 44.7 Å². The van der Waals surface area contributed by atoms with Crippen LogP contribution in [-0.2, 0) is 11.2 Å². The molecule has 110 valence electrons. The Morgan fingerprint density at radius 2 is 1.95 bits per heavy atom. The maximum Gasteiger partial charge on any atom is 0.239 e. The normalized spacial score (nSPS) is 18.1. The third kappa shape index (κ3) is 3.79. The maximum atomic E-state index is 13.6. The Hall–Kier alpha value is -1.42. The molecule has 1 saturated heterocycles. The first-order valence-electron chi connectivity index (χ1n) is 7.36. The topological polar surface area (TPSA) is 32.3 Å². The lowest BCUT2D eigenvalue weighted by Gasteiger charge is -2.24. The number of nitrogens with zero attached hydrogens (tertiary/aromatic N) is 1. The fourth-order valence-corrected chi connectivity index (χ4v) is 2.76. The van der Waals surface area contributed by atoms with Crippen LogP contribution in [0.1, 0.15) is 32.3 Å². The van der Waals surface area contributed by atoms with Crippen molar-refractivity contribution in [1.29, 1.82) is 0 Å². The first-order chi connectivity index (χ1) is 9.58. The molecule has 0 aromatic heterocycles. The molecule has 0 radical (unpaired) electrons. The van der Waals surface area contributed by atoms with Crippen LogP contribution < -0.4 is 5.32 Å². The number of carbonyl (C=O) groups is 1. The third-order valence-corrected chi connectivity index (χ3v) is 3.81. The molecule has 1 aromatic carbocycles. The molecule has 2 atom stereocenters. The maximum absolute atomic E-state index is 13.6. The molecule has 1 fully saturated rings. The highest BCUT2D eigenvalue weighted by molar-refractivity contribution is 5.81. The minimum atomic E-state index is -0.213. The van der Waals surface area contributed by atoms with E-state index in [-0.39, 0.29) is 23.8 Å². The standard InChI is InChI=1S/C16H23FN2O/c1-12(11-14-7-3-4-8-15(14)17)18-13(2)16(20)19-9-5-6-10-19/h3-4,7-8,12-13,18H,5-6,9-11H2,1-2H3. The van der Waals surface area contributed by atoms with Gasteiger partial charge in [0, 0.05) is 19.1 Å². The minimum Gasteiger partial charge on any atom is -0.341 e. The molecule has 1 aliphatic heterocycles. The number of benzene rings is 1. The Bertz CT molecular complexity index is 458. The molecule has 0 saturated carbocycles. The Morgan fingerprint density at radius 3 is 2.60 bits per heavy atom. The number of hydrogen-bond donors (Lipinski definition) is 1. The Morgan fingerprint density at radius 1 is 1.30 bits per heavy atom. The second-order valence-corrected chi connectivity index (χ2v) is 5.62. The van der Waals surface area contributed by atoms with E-state index < -0.39 is 0 Å².